The van der Waals surface area contributed by atoms with Crippen molar-refractivity contribution in [3.05, 3.63) is 0 Å². The number of hydrogen-bond acceptors (Lipinski definition) is 3. The topological polar surface area (TPSA) is 9.72 Å². The quantitative estimate of drug-likeness (QED) is 0.568. The summed E-state index contributed by atoms with van der Waals surface area (Å²) in [5, 5.41) is 0. The third-order valence-electron chi connectivity index (χ3n) is 5.56. The summed E-state index contributed by atoms with van der Waals surface area (Å²) < 4.78 is 8.72. The van der Waals surface area contributed by atoms with Crippen LogP contribution in [0.4, 0.5) is 0 Å². The van der Waals surface area contributed by atoms with Crippen molar-refractivity contribution in [3.63, 3.8) is 0 Å². The van der Waals surface area contributed by atoms with Gasteiger partial charge in [0.05, 0.1) is 0 Å². The van der Waals surface area contributed by atoms with Gasteiger partial charge in [-0.2, -0.15) is 0 Å². The molecule has 1 radical (unpaired) electrons. The predicted octanol–water partition coefficient (Wildman–Crippen LogP) is 4.43. The van der Waals surface area contributed by atoms with E-state index < -0.39 is 20.6 Å². The molecule has 0 saturated carbocycles. The van der Waals surface area contributed by atoms with Crippen LogP contribution in [0.1, 0.15) is 89.0 Å². The Kier molecular flexibility index (Phi) is 6.86. The molecule has 1 aliphatic heterocycles. The van der Waals surface area contributed by atoms with Crippen molar-refractivity contribution in [2.45, 2.75) is 118 Å². The zero-order chi connectivity index (χ0) is 17.5. The van der Waals surface area contributed by atoms with Crippen LogP contribution >= 0.6 is 0 Å². The van der Waals surface area contributed by atoms with E-state index in [0.717, 1.165) is 0 Å². The van der Waals surface area contributed by atoms with Gasteiger partial charge in [0.15, 0.2) is 0 Å². The van der Waals surface area contributed by atoms with E-state index in [1.165, 1.54) is 12.8 Å². The predicted molar refractivity (Wildman–Crippen MR) is 99.7 cm³/mol. The molecule has 1 fully saturated rings. The first kappa shape index (κ1) is 20.7. The summed E-state index contributed by atoms with van der Waals surface area (Å²) in [4.78, 5) is 0. The Morgan fingerprint density at radius 3 is 1.41 bits per heavy atom. The first-order valence-corrected chi connectivity index (χ1v) is 13.0. The van der Waals surface area contributed by atoms with Gasteiger partial charge in [-0.25, -0.2) is 0 Å². The van der Waals surface area contributed by atoms with Gasteiger partial charge in [0.2, 0.25) is 0 Å². The van der Waals surface area contributed by atoms with Crippen molar-refractivity contribution in [2.75, 3.05) is 0 Å². The molecule has 1 aliphatic rings. The second-order valence-corrected chi connectivity index (χ2v) is 14.5. The molecule has 0 aromatic heterocycles. The van der Waals surface area contributed by atoms with Crippen LogP contribution in [0.25, 0.3) is 0 Å². The molecule has 0 aliphatic carbocycles. The van der Waals surface area contributed by atoms with Crippen molar-refractivity contribution in [1.82, 2.24) is 9.36 Å². The summed E-state index contributed by atoms with van der Waals surface area (Å²) >= 11 is -2.01. The normalized spacial score (nSPS) is 20.5. The molecule has 4 heteroatoms. The van der Waals surface area contributed by atoms with E-state index >= 15 is 0 Å². The summed E-state index contributed by atoms with van der Waals surface area (Å²) in [6.07, 6.45) is 3.04. The molecule has 1 rings (SSSR count). The standard InChI is InChI=1S/C12H26N2.C6H14N.Sn/c1-8-11(4,5)13-10(3)14-12(6,7)9-2;1-5(2)7-6(3)4;/h10H,8-9H2,1-7H3;5-6H,1-4H3;/q-2;-1;+3. The molecule has 0 amide bonds. The fourth-order valence-corrected chi connectivity index (χ4v) is 14.5. The summed E-state index contributed by atoms with van der Waals surface area (Å²) in [6.45, 7) is 26.4. The van der Waals surface area contributed by atoms with Gasteiger partial charge in [0.25, 0.3) is 0 Å². The minimum absolute atomic E-state index is 0.316. The van der Waals surface area contributed by atoms with Crippen molar-refractivity contribution in [1.29, 1.82) is 0 Å². The molecule has 3 nitrogen and oxygen atoms in total. The first-order valence-electron chi connectivity index (χ1n) is 9.16. The molecule has 0 N–H and O–H groups in total. The Morgan fingerprint density at radius 1 is 0.864 bits per heavy atom. The van der Waals surface area contributed by atoms with Gasteiger partial charge in [0, 0.05) is 0 Å². The van der Waals surface area contributed by atoms with E-state index in [1.54, 1.807) is 0 Å². The van der Waals surface area contributed by atoms with Crippen LogP contribution in [0.2, 0.25) is 0 Å². The Labute approximate surface area is 148 Å². The Morgan fingerprint density at radius 2 is 1.18 bits per heavy atom. The molecular formula is C18H40N3Sn. The van der Waals surface area contributed by atoms with Crippen LogP contribution in [-0.4, -0.2) is 59.3 Å². The number of rotatable bonds is 7. The van der Waals surface area contributed by atoms with Crippen LogP contribution in [0.3, 0.4) is 0 Å². The van der Waals surface area contributed by atoms with Crippen molar-refractivity contribution in [2.24, 2.45) is 0 Å². The van der Waals surface area contributed by atoms with Crippen molar-refractivity contribution < 1.29 is 0 Å². The monoisotopic (exact) mass is 418 g/mol. The van der Waals surface area contributed by atoms with Gasteiger partial charge in [0.1, 0.15) is 0 Å². The Balaban J connectivity index is 3.26. The average molecular weight is 417 g/mol. The maximum absolute atomic E-state index is 2.92. The number of nitrogens with zero attached hydrogens (tertiary/aromatic N) is 3. The number of hydrogen-bond donors (Lipinski definition) is 0. The average Bonchev–Trinajstić information content (AvgIpc) is 2.36. The van der Waals surface area contributed by atoms with E-state index in [1.807, 2.05) is 0 Å². The molecule has 1 heterocycles. The fourth-order valence-electron chi connectivity index (χ4n) is 3.71. The molecule has 0 unspecified atom stereocenters. The molecule has 0 spiro atoms. The summed E-state index contributed by atoms with van der Waals surface area (Å²) in [5.41, 5.74) is 0.632. The van der Waals surface area contributed by atoms with Crippen molar-refractivity contribution in [3.8, 4) is 0 Å². The van der Waals surface area contributed by atoms with Crippen LogP contribution in [-0.2, 0) is 0 Å². The van der Waals surface area contributed by atoms with Gasteiger partial charge < -0.3 is 0 Å². The molecule has 0 bridgehead atoms. The summed E-state index contributed by atoms with van der Waals surface area (Å²) in [7, 11) is 0. The van der Waals surface area contributed by atoms with E-state index in [2.05, 4.69) is 85.5 Å². The Hall–Kier alpha value is 0.679. The molecule has 1 saturated heterocycles. The van der Waals surface area contributed by atoms with Crippen LogP contribution in [0.5, 0.6) is 0 Å². The van der Waals surface area contributed by atoms with Gasteiger partial charge in [-0.15, -0.1) is 0 Å². The zero-order valence-corrected chi connectivity index (χ0v) is 19.8. The second kappa shape index (κ2) is 7.28. The molecular weight excluding hydrogens is 377 g/mol. The zero-order valence-electron chi connectivity index (χ0n) is 17.0. The maximum atomic E-state index is 2.92. The third kappa shape index (κ3) is 3.68. The van der Waals surface area contributed by atoms with Crippen LogP contribution in [0, 0.1) is 0 Å². The van der Waals surface area contributed by atoms with Gasteiger partial charge >= 0.3 is 148 Å². The molecule has 22 heavy (non-hydrogen) atoms. The molecule has 131 valence electrons. The second-order valence-electron chi connectivity index (χ2n) is 8.60. The first-order chi connectivity index (χ1) is 9.92. The molecule has 0 atom stereocenters. The minimum atomic E-state index is -2.01. The molecule has 0 aromatic rings. The SMILES string of the molecule is CCC(C)(C)[N]1C(C)[N](C(C)(C)CC)[Sn]1[N](C(C)C)C(C)C. The Bertz CT molecular complexity index is 333. The van der Waals surface area contributed by atoms with Gasteiger partial charge in [-0.1, -0.05) is 0 Å². The van der Waals surface area contributed by atoms with Crippen LogP contribution in [0.15, 0.2) is 0 Å². The van der Waals surface area contributed by atoms with Gasteiger partial charge in [-0.05, 0) is 0 Å². The van der Waals surface area contributed by atoms with E-state index in [4.69, 9.17) is 0 Å². The molecule has 0 aromatic carbocycles. The van der Waals surface area contributed by atoms with Gasteiger partial charge in [-0.3, -0.25) is 0 Å². The fraction of sp³-hybridized carbons (Fsp3) is 1.00. The third-order valence-corrected chi connectivity index (χ3v) is 17.9. The van der Waals surface area contributed by atoms with E-state index in [9.17, 15) is 0 Å². The summed E-state index contributed by atoms with van der Waals surface area (Å²) in [5.74, 6) is 0. The van der Waals surface area contributed by atoms with E-state index in [0.29, 0.717) is 29.3 Å². The van der Waals surface area contributed by atoms with E-state index in [-0.39, 0.29) is 0 Å². The van der Waals surface area contributed by atoms with Crippen LogP contribution < -0.4 is 0 Å². The summed E-state index contributed by atoms with van der Waals surface area (Å²) in [6, 6.07) is 1.26. The van der Waals surface area contributed by atoms with Crippen molar-refractivity contribution >= 4 is 20.6 Å².